The van der Waals surface area contributed by atoms with Gasteiger partial charge < -0.3 is 39.8 Å². The van der Waals surface area contributed by atoms with Crippen LogP contribution in [0.5, 0.6) is 17.2 Å². The zero-order valence-electron chi connectivity index (χ0n) is 29.9. The molecule has 2 saturated heterocycles. The number of halogens is 3. The van der Waals surface area contributed by atoms with Crippen molar-refractivity contribution in [3.8, 4) is 17.2 Å². The molecule has 0 spiro atoms. The molecule has 3 heterocycles. The summed E-state index contributed by atoms with van der Waals surface area (Å²) in [4.78, 5) is 32.3. The summed E-state index contributed by atoms with van der Waals surface area (Å²) in [5.74, 6) is -3.06. The fourth-order valence-corrected chi connectivity index (χ4v) is 7.70. The van der Waals surface area contributed by atoms with Crippen LogP contribution in [0.4, 0.5) is 13.2 Å². The van der Waals surface area contributed by atoms with Gasteiger partial charge in [0.1, 0.15) is 11.5 Å². The van der Waals surface area contributed by atoms with E-state index in [0.717, 1.165) is 47.2 Å². The van der Waals surface area contributed by atoms with Crippen LogP contribution in [0.25, 0.3) is 5.57 Å². The SMILES string of the molecule is COc1cc(CN(C(=O)C2=C(c3ccc(CCCOc4c(F)ccc(F)c4F)cc3)C[C@H]3CN(C(=O)C4C[C@@H](O)CN4)C[C@H]2N3)C2CC2)cc(OC)c1. The highest BCUT2D eigenvalue weighted by atomic mass is 19.2. The van der Waals surface area contributed by atoms with Crippen molar-refractivity contribution in [2.45, 2.75) is 75.3 Å². The highest BCUT2D eigenvalue weighted by molar-refractivity contribution is 6.03. The van der Waals surface area contributed by atoms with Gasteiger partial charge in [-0.15, -0.1) is 0 Å². The van der Waals surface area contributed by atoms with E-state index in [1.807, 2.05) is 46.2 Å². The normalized spacial score (nSPS) is 22.5. The number of β-amino-alcohol motifs (C(OH)–C–C–N with tert-alkyl or cyclic N) is 1. The molecule has 3 fully saturated rings. The van der Waals surface area contributed by atoms with Gasteiger partial charge in [-0.25, -0.2) is 8.78 Å². The van der Waals surface area contributed by atoms with Crippen LogP contribution in [0.2, 0.25) is 0 Å². The number of amides is 2. The number of aryl methyl sites for hydroxylation is 1. The minimum atomic E-state index is -1.34. The van der Waals surface area contributed by atoms with Crippen LogP contribution >= 0.6 is 0 Å². The Hall–Kier alpha value is -4.59. The third kappa shape index (κ3) is 8.17. The molecule has 4 atom stereocenters. The number of carbonyl (C=O) groups is 2. The Morgan fingerprint density at radius 2 is 1.66 bits per heavy atom. The van der Waals surface area contributed by atoms with Gasteiger partial charge in [-0.05, 0) is 85.1 Å². The lowest BCUT2D eigenvalue weighted by Crippen LogP contribution is -2.63. The van der Waals surface area contributed by atoms with E-state index in [0.29, 0.717) is 68.9 Å². The number of rotatable bonds is 13. The van der Waals surface area contributed by atoms with E-state index in [-0.39, 0.29) is 30.5 Å². The molecule has 3 aliphatic heterocycles. The third-order valence-corrected chi connectivity index (χ3v) is 10.5. The fourth-order valence-electron chi connectivity index (χ4n) is 7.70. The molecule has 282 valence electrons. The molecule has 0 aromatic heterocycles. The monoisotopic (exact) mass is 734 g/mol. The highest BCUT2D eigenvalue weighted by Gasteiger charge is 2.44. The van der Waals surface area contributed by atoms with E-state index in [4.69, 9.17) is 14.2 Å². The van der Waals surface area contributed by atoms with Gasteiger partial charge in [0.05, 0.1) is 39.0 Å². The quantitative estimate of drug-likeness (QED) is 0.176. The van der Waals surface area contributed by atoms with Gasteiger partial charge in [-0.3, -0.25) is 9.59 Å². The number of aliphatic hydroxyl groups is 1. The Labute approximate surface area is 306 Å². The van der Waals surface area contributed by atoms with E-state index < -0.39 is 41.4 Å². The predicted octanol–water partition coefficient (Wildman–Crippen LogP) is 4.37. The number of nitrogens with one attached hydrogen (secondary N) is 2. The van der Waals surface area contributed by atoms with Crippen molar-refractivity contribution in [1.82, 2.24) is 20.4 Å². The maximum absolute atomic E-state index is 14.9. The molecule has 10 nitrogen and oxygen atoms in total. The Morgan fingerprint density at radius 3 is 2.32 bits per heavy atom. The summed E-state index contributed by atoms with van der Waals surface area (Å²) < 4.78 is 57.8. The average molecular weight is 735 g/mol. The Kier molecular flexibility index (Phi) is 11.0. The van der Waals surface area contributed by atoms with Gasteiger partial charge in [-0.1, -0.05) is 24.3 Å². The van der Waals surface area contributed by atoms with Gasteiger partial charge in [-0.2, -0.15) is 4.39 Å². The lowest BCUT2D eigenvalue weighted by Gasteiger charge is -2.45. The van der Waals surface area contributed by atoms with E-state index in [1.165, 1.54) is 0 Å². The number of aliphatic hydroxyl groups excluding tert-OH is 1. The van der Waals surface area contributed by atoms with Gasteiger partial charge in [0, 0.05) is 49.9 Å². The first-order valence-electron chi connectivity index (χ1n) is 18.2. The smallest absolute Gasteiger partial charge is 0.252 e. The molecule has 1 saturated carbocycles. The van der Waals surface area contributed by atoms with Gasteiger partial charge in [0.15, 0.2) is 17.4 Å². The molecule has 13 heteroatoms. The van der Waals surface area contributed by atoms with Crippen LogP contribution in [0.1, 0.15) is 48.8 Å². The van der Waals surface area contributed by atoms with Crippen LogP contribution in [-0.2, 0) is 22.6 Å². The van der Waals surface area contributed by atoms with Crippen molar-refractivity contribution < 1.29 is 42.1 Å². The molecule has 53 heavy (non-hydrogen) atoms. The summed E-state index contributed by atoms with van der Waals surface area (Å²) in [7, 11) is 3.19. The fraction of sp³-hybridized carbons (Fsp3) is 0.450. The van der Waals surface area contributed by atoms with E-state index in [2.05, 4.69) is 10.6 Å². The average Bonchev–Trinajstić information content (AvgIpc) is 3.92. The number of benzene rings is 3. The molecule has 3 aromatic rings. The van der Waals surface area contributed by atoms with Crippen LogP contribution in [0, 0.1) is 17.5 Å². The van der Waals surface area contributed by atoms with Crippen molar-refractivity contribution in [1.29, 1.82) is 0 Å². The number of methoxy groups -OCH3 is 2. The first kappa shape index (κ1) is 36.8. The number of nitrogens with zero attached hydrogens (tertiary/aromatic N) is 2. The van der Waals surface area contributed by atoms with E-state index in [9.17, 15) is 27.9 Å². The third-order valence-electron chi connectivity index (χ3n) is 10.5. The minimum Gasteiger partial charge on any atom is -0.497 e. The highest BCUT2D eigenvalue weighted by Crippen LogP contribution is 2.38. The molecule has 7 rings (SSSR count). The topological polar surface area (TPSA) is 113 Å². The van der Waals surface area contributed by atoms with Crippen LogP contribution < -0.4 is 24.8 Å². The van der Waals surface area contributed by atoms with Gasteiger partial charge in [0.2, 0.25) is 11.7 Å². The van der Waals surface area contributed by atoms with Gasteiger partial charge >= 0.3 is 0 Å². The zero-order chi connectivity index (χ0) is 37.2. The number of hydrogen-bond donors (Lipinski definition) is 3. The Morgan fingerprint density at radius 1 is 0.943 bits per heavy atom. The summed E-state index contributed by atoms with van der Waals surface area (Å²) in [6, 6.07) is 14.3. The molecule has 1 unspecified atom stereocenters. The Bertz CT molecular complexity index is 1850. The standard InChI is InChI=1S/C40H45F3N4O6/c1-51-29-14-24(15-30(18-29)52-2)20-47(27-9-10-27)40(50)36-31(16-26-21-46(22-35(36)45-26)39(49)34-17-28(48)19-44-34)25-7-5-23(6-8-25)4-3-13-53-38-33(42)12-11-32(41)37(38)43/h5-8,11-12,14-15,18,26-28,34-35,44-45,48H,3-4,9-10,13,16-17,19-22H2,1-2H3/t26-,28+,34?,35+/m0/s1. The molecule has 3 aromatic carbocycles. The predicted molar refractivity (Wildman–Crippen MR) is 191 cm³/mol. The Balaban J connectivity index is 1.14. The number of piperazine rings is 1. The number of carbonyl (C=O) groups excluding carboxylic acids is 2. The first-order chi connectivity index (χ1) is 25.6. The molecule has 3 N–H and O–H groups in total. The summed E-state index contributed by atoms with van der Waals surface area (Å²) in [6.07, 6.45) is 3.12. The summed E-state index contributed by atoms with van der Waals surface area (Å²) in [5, 5.41) is 16.9. The molecule has 1 aliphatic carbocycles. The second kappa shape index (κ2) is 15.8. The van der Waals surface area contributed by atoms with Crippen LogP contribution in [-0.4, -0.2) is 97.5 Å². The zero-order valence-corrected chi connectivity index (χ0v) is 29.9. The largest absolute Gasteiger partial charge is 0.497 e. The number of hydrogen-bond acceptors (Lipinski definition) is 8. The van der Waals surface area contributed by atoms with Crippen molar-refractivity contribution in [2.75, 3.05) is 40.5 Å². The van der Waals surface area contributed by atoms with Gasteiger partial charge in [0.25, 0.3) is 5.91 Å². The maximum Gasteiger partial charge on any atom is 0.252 e. The molecule has 0 radical (unpaired) electrons. The van der Waals surface area contributed by atoms with E-state index in [1.54, 1.807) is 20.3 Å². The summed E-state index contributed by atoms with van der Waals surface area (Å²) >= 11 is 0. The second-order valence-electron chi connectivity index (χ2n) is 14.3. The van der Waals surface area contributed by atoms with Crippen molar-refractivity contribution in [2.24, 2.45) is 0 Å². The summed E-state index contributed by atoms with van der Waals surface area (Å²) in [6.45, 7) is 1.54. The minimum absolute atomic E-state index is 0.00139. The molecule has 2 bridgehead atoms. The van der Waals surface area contributed by atoms with Crippen molar-refractivity contribution in [3.05, 3.63) is 94.3 Å². The first-order valence-corrected chi connectivity index (χ1v) is 18.2. The molecular weight excluding hydrogens is 689 g/mol. The lowest BCUT2D eigenvalue weighted by molar-refractivity contribution is -0.136. The number of ether oxygens (including phenoxy) is 3. The number of fused-ring (bicyclic) bond motifs is 2. The van der Waals surface area contributed by atoms with Crippen molar-refractivity contribution in [3.63, 3.8) is 0 Å². The van der Waals surface area contributed by atoms with Crippen LogP contribution in [0.15, 0.2) is 60.2 Å². The van der Waals surface area contributed by atoms with E-state index >= 15 is 0 Å². The molecule has 2 amide bonds. The van der Waals surface area contributed by atoms with Crippen molar-refractivity contribution >= 4 is 17.4 Å². The lowest BCUT2D eigenvalue weighted by atomic mass is 9.82. The maximum atomic E-state index is 14.9. The second-order valence-corrected chi connectivity index (χ2v) is 14.3. The molecular formula is C40H45F3N4O6. The summed E-state index contributed by atoms with van der Waals surface area (Å²) in [5.41, 5.74) is 4.33. The van der Waals surface area contributed by atoms with Crippen LogP contribution in [0.3, 0.4) is 0 Å². The molecule has 4 aliphatic rings.